The molecule has 34 heavy (non-hydrogen) atoms. The molecule has 9 heteroatoms. The molecule has 0 spiro atoms. The molecule has 0 atom stereocenters. The molecule has 0 aliphatic carbocycles. The molecule has 0 bridgehead atoms. The molecular formula is C25H20F2N2O5. The summed E-state index contributed by atoms with van der Waals surface area (Å²) in [5, 5.41) is 9.88. The van der Waals surface area contributed by atoms with Crippen LogP contribution < -0.4 is 16.0 Å². The van der Waals surface area contributed by atoms with Crippen molar-refractivity contribution in [2.75, 3.05) is 7.11 Å². The second kappa shape index (κ2) is 10.4. The number of nitrogens with zero attached hydrogens (tertiary/aromatic N) is 1. The normalized spacial score (nSPS) is 10.3. The Morgan fingerprint density at radius 1 is 0.971 bits per heavy atom. The molecule has 174 valence electrons. The van der Waals surface area contributed by atoms with Crippen LogP contribution in [0, 0.1) is 11.6 Å². The molecule has 4 aromatic rings. The van der Waals surface area contributed by atoms with Crippen molar-refractivity contribution in [1.82, 2.24) is 4.57 Å². The number of carboxylic acids is 1. The van der Waals surface area contributed by atoms with Gasteiger partial charge in [-0.15, -0.1) is 0 Å². The Labute approximate surface area is 192 Å². The second-order valence-corrected chi connectivity index (χ2v) is 7.20. The fourth-order valence-electron chi connectivity index (χ4n) is 3.15. The van der Waals surface area contributed by atoms with Crippen molar-refractivity contribution >= 4 is 22.6 Å². The SMILES string of the molecule is COc1cccc(C(N)=O)c1.O=C(O)c1ccc2ccn(Cc3ccc(F)c(F)c3)c(=O)c2c1. The van der Waals surface area contributed by atoms with Crippen LogP contribution in [-0.4, -0.2) is 28.7 Å². The van der Waals surface area contributed by atoms with E-state index in [0.717, 1.165) is 12.1 Å². The summed E-state index contributed by atoms with van der Waals surface area (Å²) in [5.41, 5.74) is 5.56. The van der Waals surface area contributed by atoms with Crippen LogP contribution in [0.4, 0.5) is 8.78 Å². The lowest BCUT2D eigenvalue weighted by Gasteiger charge is -2.08. The molecule has 0 aliphatic rings. The van der Waals surface area contributed by atoms with Crippen molar-refractivity contribution in [2.24, 2.45) is 5.73 Å². The van der Waals surface area contributed by atoms with Crippen LogP contribution in [0.5, 0.6) is 5.75 Å². The van der Waals surface area contributed by atoms with Crippen LogP contribution >= 0.6 is 0 Å². The Balaban J connectivity index is 0.000000248. The maximum absolute atomic E-state index is 13.2. The summed E-state index contributed by atoms with van der Waals surface area (Å²) in [5.74, 6) is -2.86. The number of aromatic nitrogens is 1. The second-order valence-electron chi connectivity index (χ2n) is 7.20. The number of nitrogens with two attached hydrogens (primary N) is 1. The largest absolute Gasteiger partial charge is 0.497 e. The molecule has 0 aliphatic heterocycles. The third-order valence-electron chi connectivity index (χ3n) is 4.92. The smallest absolute Gasteiger partial charge is 0.335 e. The number of ether oxygens (including phenoxy) is 1. The standard InChI is InChI=1S/C17H11F2NO3.C8H9NO2/c18-14-4-1-10(7-15(14)19)9-20-6-5-11-2-3-12(17(22)23)8-13(11)16(20)21;1-11-7-4-2-3-6(5-7)8(9)10/h1-8H,9H2,(H,22,23);2-5H,1H3,(H2,9,10). The number of pyridine rings is 1. The van der Waals surface area contributed by atoms with E-state index in [0.29, 0.717) is 22.3 Å². The Morgan fingerprint density at radius 3 is 2.38 bits per heavy atom. The van der Waals surface area contributed by atoms with E-state index in [-0.39, 0.29) is 17.5 Å². The van der Waals surface area contributed by atoms with Crippen molar-refractivity contribution in [3.05, 3.63) is 112 Å². The summed E-state index contributed by atoms with van der Waals surface area (Å²) in [6.45, 7) is 0.0588. The first-order valence-corrected chi connectivity index (χ1v) is 9.94. The van der Waals surface area contributed by atoms with Crippen LogP contribution in [0.25, 0.3) is 10.8 Å². The Morgan fingerprint density at radius 2 is 1.74 bits per heavy atom. The number of hydrogen-bond acceptors (Lipinski definition) is 4. The van der Waals surface area contributed by atoms with E-state index in [9.17, 15) is 23.2 Å². The fourth-order valence-corrected chi connectivity index (χ4v) is 3.15. The minimum atomic E-state index is -1.12. The zero-order valence-corrected chi connectivity index (χ0v) is 18.0. The van der Waals surface area contributed by atoms with Gasteiger partial charge in [-0.2, -0.15) is 0 Å². The lowest BCUT2D eigenvalue weighted by atomic mass is 10.1. The summed E-state index contributed by atoms with van der Waals surface area (Å²) in [6, 6.07) is 16.1. The Kier molecular flexibility index (Phi) is 7.37. The highest BCUT2D eigenvalue weighted by molar-refractivity contribution is 5.94. The number of amides is 1. The third kappa shape index (κ3) is 5.63. The number of rotatable bonds is 5. The molecule has 7 nitrogen and oxygen atoms in total. The number of fused-ring (bicyclic) bond motifs is 1. The summed E-state index contributed by atoms with van der Waals surface area (Å²) in [7, 11) is 1.54. The van der Waals surface area contributed by atoms with Crippen LogP contribution in [0.2, 0.25) is 0 Å². The number of carbonyl (C=O) groups excluding carboxylic acids is 1. The van der Waals surface area contributed by atoms with Crippen molar-refractivity contribution < 1.29 is 28.2 Å². The predicted octanol–water partition coefficient (Wildman–Crippen LogP) is 3.82. The first-order chi connectivity index (χ1) is 16.2. The number of aromatic carboxylic acids is 1. The molecular weight excluding hydrogens is 446 g/mol. The van der Waals surface area contributed by atoms with Gasteiger partial charge in [-0.05, 0) is 59.5 Å². The topological polar surface area (TPSA) is 112 Å². The molecule has 3 N–H and O–H groups in total. The molecule has 1 amide bonds. The van der Waals surface area contributed by atoms with E-state index >= 15 is 0 Å². The van der Waals surface area contributed by atoms with Gasteiger partial charge in [-0.25, -0.2) is 13.6 Å². The monoisotopic (exact) mass is 466 g/mol. The van der Waals surface area contributed by atoms with E-state index < -0.39 is 29.1 Å². The number of hydrogen-bond donors (Lipinski definition) is 2. The molecule has 0 fully saturated rings. The van der Waals surface area contributed by atoms with Crippen LogP contribution in [-0.2, 0) is 6.54 Å². The first-order valence-electron chi connectivity index (χ1n) is 9.94. The average molecular weight is 466 g/mol. The summed E-state index contributed by atoms with van der Waals surface area (Å²) in [6.07, 6.45) is 1.53. The van der Waals surface area contributed by atoms with Gasteiger partial charge in [0.15, 0.2) is 11.6 Å². The molecule has 0 saturated heterocycles. The van der Waals surface area contributed by atoms with Crippen LogP contribution in [0.3, 0.4) is 0 Å². The fraction of sp³-hybridized carbons (Fsp3) is 0.0800. The van der Waals surface area contributed by atoms with Gasteiger partial charge in [-0.1, -0.05) is 18.2 Å². The molecule has 3 aromatic carbocycles. The zero-order chi connectivity index (χ0) is 24.8. The number of methoxy groups -OCH3 is 1. The maximum Gasteiger partial charge on any atom is 0.335 e. The van der Waals surface area contributed by atoms with Crippen molar-refractivity contribution in [3.63, 3.8) is 0 Å². The van der Waals surface area contributed by atoms with Gasteiger partial charge in [0, 0.05) is 17.1 Å². The highest BCUT2D eigenvalue weighted by Gasteiger charge is 2.09. The Bertz CT molecular complexity index is 1430. The maximum atomic E-state index is 13.2. The predicted molar refractivity (Wildman–Crippen MR) is 122 cm³/mol. The van der Waals surface area contributed by atoms with Crippen LogP contribution in [0.15, 0.2) is 77.7 Å². The highest BCUT2D eigenvalue weighted by Crippen LogP contribution is 2.14. The number of benzene rings is 3. The van der Waals surface area contributed by atoms with Gasteiger partial charge in [0.2, 0.25) is 5.91 Å². The summed E-state index contributed by atoms with van der Waals surface area (Å²) in [4.78, 5) is 34.1. The van der Waals surface area contributed by atoms with Crippen molar-refractivity contribution in [2.45, 2.75) is 6.54 Å². The van der Waals surface area contributed by atoms with E-state index in [2.05, 4.69) is 0 Å². The van der Waals surface area contributed by atoms with Crippen LogP contribution in [0.1, 0.15) is 26.3 Å². The number of primary amides is 1. The molecule has 4 rings (SSSR count). The lowest BCUT2D eigenvalue weighted by molar-refractivity contribution is 0.0696. The van der Waals surface area contributed by atoms with Gasteiger partial charge in [-0.3, -0.25) is 9.59 Å². The van der Waals surface area contributed by atoms with E-state index in [1.807, 2.05) is 0 Å². The van der Waals surface area contributed by atoms with Crippen molar-refractivity contribution in [1.29, 1.82) is 0 Å². The molecule has 0 unspecified atom stereocenters. The number of carboxylic acid groups (broad SMARTS) is 1. The van der Waals surface area contributed by atoms with Gasteiger partial charge >= 0.3 is 5.97 Å². The molecule has 0 saturated carbocycles. The van der Waals surface area contributed by atoms with Gasteiger partial charge < -0.3 is 20.1 Å². The highest BCUT2D eigenvalue weighted by atomic mass is 19.2. The summed E-state index contributed by atoms with van der Waals surface area (Å²) >= 11 is 0. The average Bonchev–Trinajstić information content (AvgIpc) is 2.83. The van der Waals surface area contributed by atoms with E-state index in [4.69, 9.17) is 15.6 Å². The molecule has 1 heterocycles. The first kappa shape index (κ1) is 24.1. The molecule has 0 radical (unpaired) electrons. The Hall–Kier alpha value is -4.53. The minimum Gasteiger partial charge on any atom is -0.497 e. The quantitative estimate of drug-likeness (QED) is 0.465. The van der Waals surface area contributed by atoms with Crippen molar-refractivity contribution in [3.8, 4) is 5.75 Å². The van der Waals surface area contributed by atoms with E-state index in [1.165, 1.54) is 29.0 Å². The summed E-state index contributed by atoms with van der Waals surface area (Å²) < 4.78 is 32.4. The number of carbonyl (C=O) groups is 2. The third-order valence-corrected chi connectivity index (χ3v) is 4.92. The zero-order valence-electron chi connectivity index (χ0n) is 18.0. The van der Waals surface area contributed by atoms with E-state index in [1.54, 1.807) is 43.5 Å². The van der Waals surface area contributed by atoms with Gasteiger partial charge in [0.1, 0.15) is 5.75 Å². The minimum absolute atomic E-state index is 0.0141. The lowest BCUT2D eigenvalue weighted by Crippen LogP contribution is -2.20. The number of halogens is 2. The molecule has 1 aromatic heterocycles. The van der Waals surface area contributed by atoms with Gasteiger partial charge in [0.25, 0.3) is 5.56 Å². The van der Waals surface area contributed by atoms with Gasteiger partial charge in [0.05, 0.1) is 19.2 Å².